The van der Waals surface area contributed by atoms with Crippen LogP contribution in [0.5, 0.6) is 5.75 Å². The highest BCUT2D eigenvalue weighted by Crippen LogP contribution is 2.35. The second-order valence-corrected chi connectivity index (χ2v) is 5.19. The zero-order valence-corrected chi connectivity index (χ0v) is 12.2. The molecule has 128 valence electrons. The molecule has 0 radical (unpaired) electrons. The van der Waals surface area contributed by atoms with Crippen LogP contribution in [0.4, 0.5) is 28.9 Å². The number of ether oxygens (including phenoxy) is 1. The predicted octanol–water partition coefficient (Wildman–Crippen LogP) is 2.58. The Morgan fingerprint density at radius 3 is 2.65 bits per heavy atom. The minimum absolute atomic E-state index is 0.295. The lowest BCUT2D eigenvalue weighted by atomic mass is 10.1. The van der Waals surface area contributed by atoms with E-state index in [1.165, 1.54) is 6.07 Å². The van der Waals surface area contributed by atoms with E-state index < -0.39 is 29.4 Å². The lowest BCUT2D eigenvalue weighted by Gasteiger charge is -2.39. The Hall–Kier alpha value is -2.10. The van der Waals surface area contributed by atoms with E-state index in [-0.39, 0.29) is 6.04 Å². The van der Waals surface area contributed by atoms with Gasteiger partial charge in [0.15, 0.2) is 0 Å². The van der Waals surface area contributed by atoms with Gasteiger partial charge in [-0.2, -0.15) is 0 Å². The van der Waals surface area contributed by atoms with E-state index in [1.807, 2.05) is 4.90 Å². The number of anilines is 1. The minimum atomic E-state index is -5.01. The first-order valence-electron chi connectivity index (χ1n) is 6.76. The number of rotatable bonds is 4. The minimum Gasteiger partial charge on any atom is -0.398 e. The van der Waals surface area contributed by atoms with E-state index in [0.717, 1.165) is 12.1 Å². The van der Waals surface area contributed by atoms with Crippen molar-refractivity contribution in [3.8, 4) is 5.75 Å². The average molecular weight is 337 g/mol. The van der Waals surface area contributed by atoms with Gasteiger partial charge in [-0.1, -0.05) is 0 Å². The van der Waals surface area contributed by atoms with Gasteiger partial charge in [0, 0.05) is 31.4 Å². The van der Waals surface area contributed by atoms with Crippen molar-refractivity contribution in [3.63, 3.8) is 0 Å². The number of hydrogen-bond donors (Lipinski definition) is 0. The molecule has 0 N–H and O–H groups in total. The monoisotopic (exact) mass is 337 g/mol. The molecule has 1 aromatic rings. The predicted molar refractivity (Wildman–Crippen MR) is 74.4 cm³/mol. The fraction of sp³-hybridized carbons (Fsp3) is 0.538. The number of halogens is 4. The SMILES string of the molecule is CN1CCN(c2ccc(OC(F)(F)F)c([N+](=O)[O-])c2)CC1CF. The summed E-state index contributed by atoms with van der Waals surface area (Å²) in [7, 11) is 1.77. The van der Waals surface area contributed by atoms with Crippen LogP contribution in [-0.2, 0) is 0 Å². The number of nitro groups is 1. The molecule has 10 heteroatoms. The first-order valence-corrected chi connectivity index (χ1v) is 6.76. The van der Waals surface area contributed by atoms with Crippen molar-refractivity contribution in [2.45, 2.75) is 12.4 Å². The number of alkyl halides is 4. The Morgan fingerprint density at radius 2 is 2.09 bits per heavy atom. The number of nitro benzene ring substituents is 1. The summed E-state index contributed by atoms with van der Waals surface area (Å²) < 4.78 is 53.5. The average Bonchev–Trinajstić information content (AvgIpc) is 2.46. The van der Waals surface area contributed by atoms with Gasteiger partial charge >= 0.3 is 12.0 Å². The van der Waals surface area contributed by atoms with Crippen molar-refractivity contribution in [1.29, 1.82) is 0 Å². The summed E-state index contributed by atoms with van der Waals surface area (Å²) in [6.07, 6.45) is -5.01. The molecule has 1 aliphatic heterocycles. The summed E-state index contributed by atoms with van der Waals surface area (Å²) in [5.74, 6) is -0.873. The van der Waals surface area contributed by atoms with E-state index in [1.54, 1.807) is 11.9 Å². The van der Waals surface area contributed by atoms with Crippen LogP contribution in [0.1, 0.15) is 0 Å². The molecule has 1 unspecified atom stereocenters. The normalized spacial score (nSPS) is 19.7. The third-order valence-electron chi connectivity index (χ3n) is 3.69. The first kappa shape index (κ1) is 17.3. The molecule has 1 aromatic carbocycles. The number of piperazine rings is 1. The smallest absolute Gasteiger partial charge is 0.398 e. The fourth-order valence-corrected chi connectivity index (χ4v) is 2.40. The van der Waals surface area contributed by atoms with Crippen molar-refractivity contribution in [2.75, 3.05) is 38.3 Å². The van der Waals surface area contributed by atoms with Crippen LogP contribution in [0.15, 0.2) is 18.2 Å². The highest BCUT2D eigenvalue weighted by Gasteiger charge is 2.35. The van der Waals surface area contributed by atoms with Gasteiger partial charge in [-0.15, -0.1) is 13.2 Å². The summed E-state index contributed by atoms with van der Waals surface area (Å²) in [4.78, 5) is 13.6. The van der Waals surface area contributed by atoms with E-state index >= 15 is 0 Å². The highest BCUT2D eigenvalue weighted by molar-refractivity contribution is 5.60. The maximum atomic E-state index is 13.0. The van der Waals surface area contributed by atoms with Crippen LogP contribution < -0.4 is 9.64 Å². The van der Waals surface area contributed by atoms with Crippen LogP contribution >= 0.6 is 0 Å². The van der Waals surface area contributed by atoms with E-state index in [4.69, 9.17) is 0 Å². The molecule has 1 saturated heterocycles. The number of hydrogen-bond acceptors (Lipinski definition) is 5. The lowest BCUT2D eigenvalue weighted by molar-refractivity contribution is -0.388. The van der Waals surface area contributed by atoms with Crippen LogP contribution in [0.3, 0.4) is 0 Å². The first-order chi connectivity index (χ1) is 10.7. The van der Waals surface area contributed by atoms with Gasteiger partial charge in [-0.3, -0.25) is 15.0 Å². The van der Waals surface area contributed by atoms with E-state index in [0.29, 0.717) is 25.3 Å². The topological polar surface area (TPSA) is 58.8 Å². The molecule has 0 aromatic heterocycles. The van der Waals surface area contributed by atoms with Crippen LogP contribution in [0.2, 0.25) is 0 Å². The van der Waals surface area contributed by atoms with Gasteiger partial charge in [-0.05, 0) is 19.2 Å². The maximum Gasteiger partial charge on any atom is 0.573 e. The molecular formula is C13H15F4N3O3. The van der Waals surface area contributed by atoms with Gasteiger partial charge in [0.2, 0.25) is 5.75 Å². The van der Waals surface area contributed by atoms with Gasteiger partial charge in [0.1, 0.15) is 6.67 Å². The van der Waals surface area contributed by atoms with Crippen molar-refractivity contribution < 1.29 is 27.2 Å². The second-order valence-electron chi connectivity index (χ2n) is 5.19. The number of benzene rings is 1. The van der Waals surface area contributed by atoms with Crippen LogP contribution in [0.25, 0.3) is 0 Å². The summed E-state index contributed by atoms with van der Waals surface area (Å²) >= 11 is 0. The van der Waals surface area contributed by atoms with E-state index in [2.05, 4.69) is 4.74 Å². The van der Waals surface area contributed by atoms with Crippen LogP contribution in [0, 0.1) is 10.1 Å². The Morgan fingerprint density at radius 1 is 1.39 bits per heavy atom. The molecule has 1 aliphatic rings. The Kier molecular flexibility index (Phi) is 4.93. The quantitative estimate of drug-likeness (QED) is 0.480. The molecule has 23 heavy (non-hydrogen) atoms. The molecule has 6 nitrogen and oxygen atoms in total. The largest absolute Gasteiger partial charge is 0.573 e. The molecule has 1 atom stereocenters. The standard InChI is InChI=1S/C13H15F4N3O3/c1-18-4-5-19(8-10(18)7-14)9-2-3-12(23-13(15,16)17)11(6-9)20(21)22/h2-3,6,10H,4-5,7-8H2,1H3. The summed E-state index contributed by atoms with van der Waals surface area (Å²) in [5, 5.41) is 11.0. The van der Waals surface area contributed by atoms with Gasteiger partial charge in [0.05, 0.1) is 11.0 Å². The molecule has 1 fully saturated rings. The molecule has 0 saturated carbocycles. The summed E-state index contributed by atoms with van der Waals surface area (Å²) in [6, 6.07) is 2.86. The summed E-state index contributed by atoms with van der Waals surface area (Å²) in [6.45, 7) is 0.751. The van der Waals surface area contributed by atoms with Crippen molar-refractivity contribution in [1.82, 2.24) is 4.90 Å². The zero-order valence-electron chi connectivity index (χ0n) is 12.2. The molecular weight excluding hydrogens is 322 g/mol. The lowest BCUT2D eigenvalue weighted by Crippen LogP contribution is -2.52. The number of nitrogens with zero attached hydrogens (tertiary/aromatic N) is 3. The third kappa shape index (κ3) is 4.21. The van der Waals surface area contributed by atoms with Crippen molar-refractivity contribution in [3.05, 3.63) is 28.3 Å². The fourth-order valence-electron chi connectivity index (χ4n) is 2.40. The third-order valence-corrected chi connectivity index (χ3v) is 3.69. The highest BCUT2D eigenvalue weighted by atomic mass is 19.4. The molecule has 0 bridgehead atoms. The van der Waals surface area contributed by atoms with Gasteiger partial charge < -0.3 is 9.64 Å². The van der Waals surface area contributed by atoms with Gasteiger partial charge in [0.25, 0.3) is 0 Å². The van der Waals surface area contributed by atoms with Crippen molar-refractivity contribution >= 4 is 11.4 Å². The molecule has 2 rings (SSSR count). The Bertz CT molecular complexity index is 582. The molecule has 0 amide bonds. The Balaban J connectivity index is 2.27. The number of likely N-dealkylation sites (N-methyl/N-ethyl adjacent to an activating group) is 1. The maximum absolute atomic E-state index is 13.0. The molecule has 1 heterocycles. The molecule has 0 spiro atoms. The zero-order chi connectivity index (χ0) is 17.2. The van der Waals surface area contributed by atoms with E-state index in [9.17, 15) is 27.7 Å². The van der Waals surface area contributed by atoms with Crippen molar-refractivity contribution in [2.24, 2.45) is 0 Å². The summed E-state index contributed by atoms with van der Waals surface area (Å²) in [5.41, 5.74) is -0.423. The second kappa shape index (κ2) is 6.57. The van der Waals surface area contributed by atoms with Crippen LogP contribution in [-0.4, -0.2) is 55.6 Å². The Labute approximate surface area is 129 Å². The molecule has 0 aliphatic carbocycles. The van der Waals surface area contributed by atoms with Gasteiger partial charge in [-0.25, -0.2) is 4.39 Å².